The van der Waals surface area contributed by atoms with Crippen LogP contribution in [0.15, 0.2) is 79.0 Å². The summed E-state index contributed by atoms with van der Waals surface area (Å²) in [5.74, 6) is 4.73. The molecule has 0 saturated carbocycles. The molecule has 1 atom stereocenters. The number of piperazine rings is 1. The molecule has 0 aromatic heterocycles. The Bertz CT molecular complexity index is 1490. The van der Waals surface area contributed by atoms with E-state index in [0.717, 1.165) is 5.56 Å². The first-order chi connectivity index (χ1) is 18.2. The molecule has 3 amide bonds. The quantitative estimate of drug-likeness (QED) is 0.429. The first-order valence-corrected chi connectivity index (χ1v) is 12.4. The zero-order valence-electron chi connectivity index (χ0n) is 21.3. The van der Waals surface area contributed by atoms with Gasteiger partial charge in [-0.05, 0) is 49.7 Å². The monoisotopic (exact) mass is 511 g/mol. The van der Waals surface area contributed by atoms with Gasteiger partial charge in [-0.1, -0.05) is 54.8 Å². The van der Waals surface area contributed by atoms with Gasteiger partial charge in [-0.2, -0.15) is 0 Å². The number of amides is 3. The van der Waals surface area contributed by atoms with Crippen molar-refractivity contribution in [1.29, 1.82) is 0 Å². The van der Waals surface area contributed by atoms with E-state index in [9.17, 15) is 14.0 Å². The first kappa shape index (κ1) is 25.2. The zero-order valence-corrected chi connectivity index (χ0v) is 21.3. The highest BCUT2D eigenvalue weighted by Gasteiger charge is 2.53. The topological polar surface area (TPSA) is 43.9 Å². The largest absolute Gasteiger partial charge is 0.334 e. The molecule has 3 aromatic carbocycles. The molecule has 0 unspecified atom stereocenters. The number of nitrogens with zero attached hydrogens (tertiary/aromatic N) is 3. The third kappa shape index (κ3) is 4.43. The maximum absolute atomic E-state index is 15.5. The lowest BCUT2D eigenvalue weighted by Crippen LogP contribution is -2.70. The fourth-order valence-corrected chi connectivity index (χ4v) is 5.23. The molecule has 7 heteroatoms. The molecule has 38 heavy (non-hydrogen) atoms. The molecule has 2 fully saturated rings. The van der Waals surface area contributed by atoms with E-state index in [0.29, 0.717) is 22.4 Å². The summed E-state index contributed by atoms with van der Waals surface area (Å²) in [4.78, 5) is 31.6. The second kappa shape index (κ2) is 9.79. The summed E-state index contributed by atoms with van der Waals surface area (Å²) in [6, 6.07) is 18.3. The van der Waals surface area contributed by atoms with Crippen molar-refractivity contribution in [3.63, 3.8) is 0 Å². The smallest absolute Gasteiger partial charge is 0.329 e. The summed E-state index contributed by atoms with van der Waals surface area (Å²) >= 11 is 0. The van der Waals surface area contributed by atoms with Gasteiger partial charge in [0, 0.05) is 48.4 Å². The second-order valence-electron chi connectivity index (χ2n) is 9.84. The third-order valence-electron chi connectivity index (χ3n) is 7.15. The van der Waals surface area contributed by atoms with Crippen LogP contribution in [0.3, 0.4) is 0 Å². The molecular weight excluding hydrogens is 484 g/mol. The fourth-order valence-electron chi connectivity index (χ4n) is 5.23. The molecule has 0 aliphatic carbocycles. The Labute approximate surface area is 221 Å². The number of urea groups is 1. The van der Waals surface area contributed by atoms with Crippen LogP contribution in [-0.2, 0) is 11.3 Å². The van der Waals surface area contributed by atoms with Crippen LogP contribution in [0.1, 0.15) is 35.6 Å². The van der Waals surface area contributed by atoms with Gasteiger partial charge in [-0.3, -0.25) is 9.69 Å². The lowest BCUT2D eigenvalue weighted by atomic mass is 9.86. The number of carbonyl (C=O) groups is 2. The Hall–Kier alpha value is -4.44. The Morgan fingerprint density at radius 1 is 0.921 bits per heavy atom. The van der Waals surface area contributed by atoms with Gasteiger partial charge in [0.2, 0.25) is 5.91 Å². The van der Waals surface area contributed by atoms with E-state index < -0.39 is 17.4 Å². The van der Waals surface area contributed by atoms with Crippen molar-refractivity contribution in [2.24, 2.45) is 0 Å². The molecule has 3 aromatic rings. The molecule has 5 rings (SSSR count). The Morgan fingerprint density at radius 2 is 1.61 bits per heavy atom. The Morgan fingerprint density at radius 3 is 2.32 bits per heavy atom. The number of fused-ring (bicyclic) bond motifs is 1. The normalized spacial score (nSPS) is 19.3. The first-order valence-electron chi connectivity index (χ1n) is 12.4. The summed E-state index contributed by atoms with van der Waals surface area (Å²) in [7, 11) is 0. The molecule has 2 aliphatic rings. The third-order valence-corrected chi connectivity index (χ3v) is 7.15. The van der Waals surface area contributed by atoms with Crippen LogP contribution >= 0.6 is 0 Å². The predicted octanol–water partition coefficient (Wildman–Crippen LogP) is 5.62. The lowest BCUT2D eigenvalue weighted by molar-refractivity contribution is -0.148. The van der Waals surface area contributed by atoms with Gasteiger partial charge in [0.1, 0.15) is 17.2 Å². The van der Waals surface area contributed by atoms with E-state index in [1.54, 1.807) is 43.0 Å². The number of rotatable bonds is 3. The highest BCUT2D eigenvalue weighted by atomic mass is 19.1. The van der Waals surface area contributed by atoms with E-state index >= 15 is 4.39 Å². The van der Waals surface area contributed by atoms with Crippen LogP contribution in [0.25, 0.3) is 0 Å². The zero-order chi connectivity index (χ0) is 27.0. The highest BCUT2D eigenvalue weighted by molar-refractivity contribution is 6.03. The lowest BCUT2D eigenvalue weighted by Gasteiger charge is -2.53. The minimum absolute atomic E-state index is 0.105. The van der Waals surface area contributed by atoms with Gasteiger partial charge in [-0.25, -0.2) is 13.6 Å². The SMILES string of the molecule is C=C1C[C@@]2(C)C(=O)N(Cc3ccccc3F)CCN2C(=O)N1c1c(C)cc(C#Cc2ccccc2)cc1F. The number of carbonyl (C=O) groups excluding carboxylic acids is 2. The standard InChI is InChI=1S/C31H27F2N3O2/c1-21-17-24(14-13-23-9-5-4-6-10-23)18-27(33)28(21)36-22(2)19-31(3)29(37)34(15-16-35(31)30(36)38)20-25-11-7-8-12-26(25)32/h4-12,17-18H,2,15-16,19-20H2,1,3H3/t31-/m0/s1. The Balaban J connectivity index is 1.41. The van der Waals surface area contributed by atoms with E-state index in [-0.39, 0.29) is 43.5 Å². The molecule has 2 aliphatic heterocycles. The second-order valence-corrected chi connectivity index (χ2v) is 9.84. The van der Waals surface area contributed by atoms with E-state index in [2.05, 4.69) is 18.4 Å². The maximum atomic E-state index is 15.5. The molecule has 5 nitrogen and oxygen atoms in total. The average molecular weight is 512 g/mol. The van der Waals surface area contributed by atoms with Gasteiger partial charge >= 0.3 is 6.03 Å². The van der Waals surface area contributed by atoms with Crippen molar-refractivity contribution < 1.29 is 18.4 Å². The van der Waals surface area contributed by atoms with Crippen molar-refractivity contribution in [2.75, 3.05) is 18.0 Å². The number of aryl methyl sites for hydroxylation is 1. The van der Waals surface area contributed by atoms with E-state index in [1.165, 1.54) is 21.9 Å². The van der Waals surface area contributed by atoms with Crippen molar-refractivity contribution in [3.8, 4) is 11.8 Å². The molecule has 0 bridgehead atoms. The minimum atomic E-state index is -1.19. The molecule has 2 heterocycles. The molecular formula is C31H27F2N3O2. The van der Waals surface area contributed by atoms with E-state index in [4.69, 9.17) is 0 Å². The summed E-state index contributed by atoms with van der Waals surface area (Å²) in [5, 5.41) is 0. The summed E-state index contributed by atoms with van der Waals surface area (Å²) in [6.45, 7) is 8.05. The average Bonchev–Trinajstić information content (AvgIpc) is 2.88. The van der Waals surface area contributed by atoms with Crippen LogP contribution in [0.5, 0.6) is 0 Å². The van der Waals surface area contributed by atoms with Crippen molar-refractivity contribution in [3.05, 3.63) is 113 Å². The molecule has 192 valence electrons. The number of halogens is 2. The number of benzene rings is 3. The molecule has 0 N–H and O–H groups in total. The van der Waals surface area contributed by atoms with Gasteiger partial charge in [-0.15, -0.1) is 0 Å². The number of anilines is 1. The van der Waals surface area contributed by atoms with Gasteiger partial charge in [0.25, 0.3) is 0 Å². The van der Waals surface area contributed by atoms with Crippen molar-refractivity contribution >= 4 is 17.6 Å². The number of hydrogen-bond acceptors (Lipinski definition) is 2. The maximum Gasteiger partial charge on any atom is 0.329 e. The van der Waals surface area contributed by atoms with Crippen molar-refractivity contribution in [1.82, 2.24) is 9.80 Å². The fraction of sp³-hybridized carbons (Fsp3) is 0.226. The van der Waals surface area contributed by atoms with Crippen LogP contribution < -0.4 is 4.90 Å². The van der Waals surface area contributed by atoms with Gasteiger partial charge < -0.3 is 9.80 Å². The summed E-state index contributed by atoms with van der Waals surface area (Å²) in [5.41, 5.74) is 1.48. The number of hydrogen-bond donors (Lipinski definition) is 0. The van der Waals surface area contributed by atoms with Crippen LogP contribution in [0, 0.1) is 30.4 Å². The van der Waals surface area contributed by atoms with Crippen LogP contribution in [-0.4, -0.2) is 40.4 Å². The molecule has 0 spiro atoms. The van der Waals surface area contributed by atoms with Crippen LogP contribution in [0.2, 0.25) is 0 Å². The van der Waals surface area contributed by atoms with Crippen LogP contribution in [0.4, 0.5) is 19.3 Å². The molecule has 2 saturated heterocycles. The molecule has 0 radical (unpaired) electrons. The van der Waals surface area contributed by atoms with Gasteiger partial charge in [0.05, 0.1) is 5.69 Å². The van der Waals surface area contributed by atoms with Gasteiger partial charge in [0.15, 0.2) is 0 Å². The summed E-state index contributed by atoms with van der Waals surface area (Å²) in [6.07, 6.45) is 0.125. The summed E-state index contributed by atoms with van der Waals surface area (Å²) < 4.78 is 29.7. The Kier molecular flexibility index (Phi) is 6.50. The van der Waals surface area contributed by atoms with E-state index in [1.807, 2.05) is 30.3 Å². The minimum Gasteiger partial charge on any atom is -0.334 e. The van der Waals surface area contributed by atoms with Crippen molar-refractivity contribution in [2.45, 2.75) is 32.4 Å². The highest BCUT2D eigenvalue weighted by Crippen LogP contribution is 2.41. The predicted molar refractivity (Wildman–Crippen MR) is 142 cm³/mol.